The van der Waals surface area contributed by atoms with Crippen molar-refractivity contribution < 1.29 is 24.3 Å². The molecule has 2 aliphatic heterocycles. The molecule has 23 heavy (non-hydrogen) atoms. The minimum atomic E-state index is -1.08. The molecule has 2 atom stereocenters. The van der Waals surface area contributed by atoms with Crippen LogP contribution in [0.25, 0.3) is 0 Å². The number of carbonyl (C=O) groups is 4. The van der Waals surface area contributed by atoms with Gasteiger partial charge in [0.15, 0.2) is 0 Å². The lowest BCUT2D eigenvalue weighted by Crippen LogP contribution is -2.49. The van der Waals surface area contributed by atoms with Gasteiger partial charge < -0.3 is 14.9 Å². The Morgan fingerprint density at radius 3 is 2.57 bits per heavy atom. The first-order valence-electron chi connectivity index (χ1n) is 7.83. The van der Waals surface area contributed by atoms with Crippen molar-refractivity contribution in [2.45, 2.75) is 38.6 Å². The zero-order valence-electron chi connectivity index (χ0n) is 13.3. The summed E-state index contributed by atoms with van der Waals surface area (Å²) < 4.78 is 0. The summed E-state index contributed by atoms with van der Waals surface area (Å²) in [5.74, 6) is -1.61. The summed E-state index contributed by atoms with van der Waals surface area (Å²) in [5.41, 5.74) is -1.92. The second-order valence-corrected chi connectivity index (χ2v) is 7.23. The monoisotopic (exact) mass is 323 g/mol. The van der Waals surface area contributed by atoms with Crippen LogP contribution >= 0.6 is 0 Å². The molecule has 2 N–H and O–H groups in total. The van der Waals surface area contributed by atoms with Crippen LogP contribution < -0.4 is 5.32 Å². The largest absolute Gasteiger partial charge is 0.481 e. The molecule has 3 aliphatic rings. The lowest BCUT2D eigenvalue weighted by molar-refractivity contribution is -0.149. The second kappa shape index (κ2) is 4.94. The molecule has 3 rings (SSSR count). The van der Waals surface area contributed by atoms with Crippen molar-refractivity contribution in [1.82, 2.24) is 15.1 Å². The minimum absolute atomic E-state index is 0.0222. The van der Waals surface area contributed by atoms with Crippen LogP contribution in [0.4, 0.5) is 4.79 Å². The summed E-state index contributed by atoms with van der Waals surface area (Å²) in [6.07, 6.45) is 2.27. The standard InChI is InChI=1S/C15H21N3O5/c1-14(2)11(20)16-13(23)18(14)7-10(19)17-6-9-4-3-5-15(9,8-17)12(21)22/h9H,3-8H2,1-2H3,(H,21,22)(H,16,20,23)/t9-,15+/m0/s1. The lowest BCUT2D eigenvalue weighted by atomic mass is 9.81. The number of carbonyl (C=O) groups excluding carboxylic acids is 3. The van der Waals surface area contributed by atoms with Crippen LogP contribution in [0.5, 0.6) is 0 Å². The predicted molar refractivity (Wildman–Crippen MR) is 78.3 cm³/mol. The first-order valence-corrected chi connectivity index (χ1v) is 7.83. The number of likely N-dealkylation sites (tertiary alicyclic amines) is 1. The van der Waals surface area contributed by atoms with Crippen LogP contribution in [0.1, 0.15) is 33.1 Å². The number of rotatable bonds is 3. The predicted octanol–water partition coefficient (Wildman–Crippen LogP) is 0.0301. The number of urea groups is 1. The van der Waals surface area contributed by atoms with Gasteiger partial charge in [0.05, 0.1) is 5.41 Å². The molecule has 1 aliphatic carbocycles. The van der Waals surface area contributed by atoms with E-state index in [1.54, 1.807) is 13.8 Å². The maximum absolute atomic E-state index is 12.5. The maximum atomic E-state index is 12.5. The lowest BCUT2D eigenvalue weighted by Gasteiger charge is -2.29. The first kappa shape index (κ1) is 15.8. The van der Waals surface area contributed by atoms with Gasteiger partial charge >= 0.3 is 12.0 Å². The first-order chi connectivity index (χ1) is 10.7. The minimum Gasteiger partial charge on any atom is -0.481 e. The Kier molecular flexibility index (Phi) is 3.38. The van der Waals surface area contributed by atoms with Gasteiger partial charge in [-0.05, 0) is 32.6 Å². The van der Waals surface area contributed by atoms with Gasteiger partial charge in [0.2, 0.25) is 5.91 Å². The van der Waals surface area contributed by atoms with E-state index in [1.165, 1.54) is 9.80 Å². The third-order valence-corrected chi connectivity index (χ3v) is 5.64. The Morgan fingerprint density at radius 1 is 1.35 bits per heavy atom. The molecule has 4 amide bonds. The van der Waals surface area contributed by atoms with Crippen molar-refractivity contribution in [3.8, 4) is 0 Å². The Hall–Kier alpha value is -2.12. The van der Waals surface area contributed by atoms with E-state index < -0.39 is 28.9 Å². The highest BCUT2D eigenvalue weighted by atomic mass is 16.4. The average molecular weight is 323 g/mol. The molecule has 0 radical (unpaired) electrons. The van der Waals surface area contributed by atoms with Crippen LogP contribution in [0.15, 0.2) is 0 Å². The molecule has 2 heterocycles. The highest BCUT2D eigenvalue weighted by Crippen LogP contribution is 2.48. The van der Waals surface area contributed by atoms with E-state index in [9.17, 15) is 24.3 Å². The molecule has 0 aromatic heterocycles. The molecule has 8 heteroatoms. The number of imide groups is 1. The van der Waals surface area contributed by atoms with Crippen molar-refractivity contribution in [2.24, 2.45) is 11.3 Å². The highest BCUT2D eigenvalue weighted by molar-refractivity contribution is 6.07. The average Bonchev–Trinajstić information content (AvgIpc) is 3.05. The number of fused-ring (bicyclic) bond motifs is 1. The zero-order chi connectivity index (χ0) is 17.0. The third-order valence-electron chi connectivity index (χ3n) is 5.64. The third kappa shape index (κ3) is 2.19. The van der Waals surface area contributed by atoms with Gasteiger partial charge in [-0.2, -0.15) is 0 Å². The van der Waals surface area contributed by atoms with E-state index >= 15 is 0 Å². The summed E-state index contributed by atoms with van der Waals surface area (Å²) in [6, 6.07) is -0.583. The number of nitrogens with one attached hydrogen (secondary N) is 1. The second-order valence-electron chi connectivity index (χ2n) is 7.23. The van der Waals surface area contributed by atoms with Gasteiger partial charge in [-0.25, -0.2) is 4.79 Å². The number of carboxylic acids is 1. The molecule has 1 saturated carbocycles. The molecular formula is C15H21N3O5. The van der Waals surface area contributed by atoms with Crippen molar-refractivity contribution in [3.05, 3.63) is 0 Å². The zero-order valence-corrected chi connectivity index (χ0v) is 13.3. The summed E-state index contributed by atoms with van der Waals surface area (Å²) in [5, 5.41) is 11.8. The van der Waals surface area contributed by atoms with E-state index in [0.717, 1.165) is 12.8 Å². The molecule has 126 valence electrons. The Bertz CT molecular complexity index is 602. The molecule has 0 spiro atoms. The van der Waals surface area contributed by atoms with E-state index in [4.69, 9.17) is 0 Å². The molecule has 0 aromatic carbocycles. The van der Waals surface area contributed by atoms with Crippen molar-refractivity contribution in [3.63, 3.8) is 0 Å². The maximum Gasteiger partial charge on any atom is 0.325 e. The quantitative estimate of drug-likeness (QED) is 0.713. The number of nitrogens with zero attached hydrogens (tertiary/aromatic N) is 2. The smallest absolute Gasteiger partial charge is 0.325 e. The molecule has 8 nitrogen and oxygen atoms in total. The Balaban J connectivity index is 1.72. The number of hydrogen-bond acceptors (Lipinski definition) is 4. The van der Waals surface area contributed by atoms with Gasteiger partial charge in [0, 0.05) is 13.1 Å². The topological polar surface area (TPSA) is 107 Å². The van der Waals surface area contributed by atoms with Crippen LogP contribution in [-0.2, 0) is 14.4 Å². The van der Waals surface area contributed by atoms with E-state index in [0.29, 0.717) is 13.0 Å². The van der Waals surface area contributed by atoms with Gasteiger partial charge in [-0.3, -0.25) is 19.7 Å². The van der Waals surface area contributed by atoms with Gasteiger partial charge in [-0.1, -0.05) is 6.42 Å². The molecule has 0 bridgehead atoms. The Morgan fingerprint density at radius 2 is 2.04 bits per heavy atom. The number of aliphatic carboxylic acids is 1. The van der Waals surface area contributed by atoms with Crippen molar-refractivity contribution in [2.75, 3.05) is 19.6 Å². The molecule has 0 unspecified atom stereocenters. The molecule has 2 saturated heterocycles. The Labute approximate surface area is 133 Å². The van der Waals surface area contributed by atoms with Crippen LogP contribution in [0.2, 0.25) is 0 Å². The van der Waals surface area contributed by atoms with Crippen LogP contribution in [0, 0.1) is 11.3 Å². The molecule has 3 fully saturated rings. The summed E-state index contributed by atoms with van der Waals surface area (Å²) in [6.45, 7) is 3.55. The molecular weight excluding hydrogens is 302 g/mol. The summed E-state index contributed by atoms with van der Waals surface area (Å²) in [7, 11) is 0. The van der Waals surface area contributed by atoms with E-state index in [-0.39, 0.29) is 24.9 Å². The van der Waals surface area contributed by atoms with Gasteiger partial charge in [0.1, 0.15) is 12.1 Å². The SMILES string of the molecule is CC1(C)C(=O)NC(=O)N1CC(=O)N1C[C@@H]2CCC[C@@]2(C(=O)O)C1. The fraction of sp³-hybridized carbons (Fsp3) is 0.733. The van der Waals surface area contributed by atoms with E-state index in [1.807, 2.05) is 0 Å². The highest BCUT2D eigenvalue weighted by Gasteiger charge is 2.56. The number of carboxylic acid groups (broad SMARTS) is 1. The van der Waals surface area contributed by atoms with Crippen LogP contribution in [0.3, 0.4) is 0 Å². The normalized spacial score (nSPS) is 32.2. The van der Waals surface area contributed by atoms with Crippen molar-refractivity contribution >= 4 is 23.8 Å². The van der Waals surface area contributed by atoms with Gasteiger partial charge in [-0.15, -0.1) is 0 Å². The molecule has 0 aromatic rings. The van der Waals surface area contributed by atoms with E-state index in [2.05, 4.69) is 5.32 Å². The number of hydrogen-bond donors (Lipinski definition) is 2. The number of amides is 4. The van der Waals surface area contributed by atoms with Crippen LogP contribution in [-0.4, -0.2) is 63.9 Å². The fourth-order valence-corrected chi connectivity index (χ4v) is 4.03. The fourth-order valence-electron chi connectivity index (χ4n) is 4.03. The van der Waals surface area contributed by atoms with Crippen molar-refractivity contribution in [1.29, 1.82) is 0 Å². The van der Waals surface area contributed by atoms with Gasteiger partial charge in [0.25, 0.3) is 5.91 Å². The summed E-state index contributed by atoms with van der Waals surface area (Å²) in [4.78, 5) is 50.5. The summed E-state index contributed by atoms with van der Waals surface area (Å²) >= 11 is 0.